The van der Waals surface area contributed by atoms with Gasteiger partial charge >= 0.3 is 0 Å². The maximum absolute atomic E-state index is 13.4. The van der Waals surface area contributed by atoms with E-state index in [2.05, 4.69) is 21.2 Å². The van der Waals surface area contributed by atoms with Crippen molar-refractivity contribution in [2.45, 2.75) is 25.9 Å². The number of carbonyl (C=O) groups excluding carboxylic acids is 2. The van der Waals surface area contributed by atoms with Gasteiger partial charge < -0.3 is 15.0 Å². The van der Waals surface area contributed by atoms with Gasteiger partial charge in [-0.05, 0) is 36.2 Å². The average molecular weight is 530 g/mol. The van der Waals surface area contributed by atoms with Crippen molar-refractivity contribution in [2.75, 3.05) is 13.2 Å². The van der Waals surface area contributed by atoms with Crippen LogP contribution in [-0.4, -0.2) is 35.9 Å². The van der Waals surface area contributed by atoms with Crippen LogP contribution in [0, 0.1) is 0 Å². The zero-order valence-electron chi connectivity index (χ0n) is 18.3. The average Bonchev–Trinajstić information content (AvgIpc) is 2.82. The summed E-state index contributed by atoms with van der Waals surface area (Å²) in [5.41, 5.74) is 1.89. The van der Waals surface area contributed by atoms with Gasteiger partial charge in [-0.2, -0.15) is 0 Å². The predicted molar refractivity (Wildman–Crippen MR) is 134 cm³/mol. The van der Waals surface area contributed by atoms with Gasteiger partial charge in [0.25, 0.3) is 5.91 Å². The molecule has 0 aliphatic rings. The molecule has 0 unspecified atom stereocenters. The third kappa shape index (κ3) is 7.34. The third-order valence-electron chi connectivity index (χ3n) is 5.06. The minimum atomic E-state index is -0.691. The molecule has 172 valence electrons. The van der Waals surface area contributed by atoms with E-state index in [0.29, 0.717) is 23.7 Å². The Bertz CT molecular complexity index is 1060. The zero-order chi connectivity index (χ0) is 23.6. The number of benzene rings is 3. The number of rotatable bonds is 10. The molecule has 0 aromatic heterocycles. The summed E-state index contributed by atoms with van der Waals surface area (Å²) in [4.78, 5) is 28.1. The Labute approximate surface area is 207 Å². The summed E-state index contributed by atoms with van der Waals surface area (Å²) in [5.74, 6) is -0.0946. The molecule has 33 heavy (non-hydrogen) atoms. The molecular weight excluding hydrogens is 504 g/mol. The summed E-state index contributed by atoms with van der Waals surface area (Å²) in [5, 5.41) is 3.28. The molecule has 0 heterocycles. The van der Waals surface area contributed by atoms with Gasteiger partial charge in [0.1, 0.15) is 11.8 Å². The van der Waals surface area contributed by atoms with Crippen LogP contribution in [-0.2, 0) is 22.6 Å². The lowest BCUT2D eigenvalue weighted by Gasteiger charge is -2.31. The van der Waals surface area contributed by atoms with Gasteiger partial charge in [-0.1, -0.05) is 88.2 Å². The van der Waals surface area contributed by atoms with E-state index in [1.165, 1.54) is 0 Å². The Morgan fingerprint density at radius 2 is 1.64 bits per heavy atom. The number of nitrogens with zero attached hydrogens (tertiary/aromatic N) is 1. The molecule has 1 N–H and O–H groups in total. The van der Waals surface area contributed by atoms with Crippen LogP contribution in [0.15, 0.2) is 83.3 Å². The van der Waals surface area contributed by atoms with E-state index in [0.717, 1.165) is 15.6 Å². The normalized spacial score (nSPS) is 11.5. The number of halogens is 2. The van der Waals surface area contributed by atoms with E-state index in [1.54, 1.807) is 23.1 Å². The predicted octanol–water partition coefficient (Wildman–Crippen LogP) is 5.26. The third-order valence-corrected chi connectivity index (χ3v) is 5.85. The topological polar surface area (TPSA) is 58.6 Å². The van der Waals surface area contributed by atoms with Crippen molar-refractivity contribution in [1.82, 2.24) is 10.2 Å². The maximum Gasteiger partial charge on any atom is 0.261 e. The van der Waals surface area contributed by atoms with E-state index >= 15 is 0 Å². The summed E-state index contributed by atoms with van der Waals surface area (Å²) in [6.45, 7) is 2.38. The summed E-state index contributed by atoms with van der Waals surface area (Å²) >= 11 is 9.60. The second-order valence-corrected chi connectivity index (χ2v) is 8.79. The SMILES string of the molecule is CCNC(=O)[C@@H](Cc1ccccc1)N(Cc1ccccc1)C(=O)COc1ccc(Br)cc1Cl. The van der Waals surface area contributed by atoms with Gasteiger partial charge in [0, 0.05) is 24.0 Å². The lowest BCUT2D eigenvalue weighted by Crippen LogP contribution is -2.51. The van der Waals surface area contributed by atoms with Gasteiger partial charge in [-0.15, -0.1) is 0 Å². The molecule has 0 bridgehead atoms. The molecule has 0 fully saturated rings. The fraction of sp³-hybridized carbons (Fsp3) is 0.231. The van der Waals surface area contributed by atoms with E-state index in [9.17, 15) is 9.59 Å². The van der Waals surface area contributed by atoms with Crippen molar-refractivity contribution in [3.8, 4) is 5.75 Å². The first-order valence-corrected chi connectivity index (χ1v) is 11.9. The number of carbonyl (C=O) groups is 2. The number of nitrogens with one attached hydrogen (secondary N) is 1. The quantitative estimate of drug-likeness (QED) is 0.390. The Hall–Kier alpha value is -2.83. The van der Waals surface area contributed by atoms with Crippen LogP contribution in [0.4, 0.5) is 0 Å². The number of amides is 2. The van der Waals surface area contributed by atoms with E-state index in [-0.39, 0.29) is 25.0 Å². The smallest absolute Gasteiger partial charge is 0.261 e. The first kappa shape index (κ1) is 24.8. The lowest BCUT2D eigenvalue weighted by atomic mass is 10.0. The highest BCUT2D eigenvalue weighted by Gasteiger charge is 2.30. The molecular formula is C26H26BrClN2O3. The Balaban J connectivity index is 1.87. The highest BCUT2D eigenvalue weighted by atomic mass is 79.9. The van der Waals surface area contributed by atoms with E-state index in [4.69, 9.17) is 16.3 Å². The van der Waals surface area contributed by atoms with E-state index in [1.807, 2.05) is 67.6 Å². The van der Waals surface area contributed by atoms with Crippen LogP contribution in [0.1, 0.15) is 18.1 Å². The van der Waals surface area contributed by atoms with Crippen LogP contribution >= 0.6 is 27.5 Å². The van der Waals surface area contributed by atoms with Crippen LogP contribution in [0.25, 0.3) is 0 Å². The fourth-order valence-corrected chi connectivity index (χ4v) is 4.17. The monoisotopic (exact) mass is 528 g/mol. The van der Waals surface area contributed by atoms with Crippen LogP contribution in [0.3, 0.4) is 0 Å². The number of hydrogen-bond donors (Lipinski definition) is 1. The molecule has 0 spiro atoms. The lowest BCUT2D eigenvalue weighted by molar-refractivity contribution is -0.142. The molecule has 0 aliphatic heterocycles. The standard InChI is InChI=1S/C26H26BrClN2O3/c1-2-29-26(32)23(15-19-9-5-3-6-10-19)30(17-20-11-7-4-8-12-20)25(31)18-33-24-14-13-21(27)16-22(24)28/h3-14,16,23H,2,15,17-18H2,1H3,(H,29,32)/t23-/m1/s1. The molecule has 3 rings (SSSR count). The molecule has 2 amide bonds. The van der Waals surface area contributed by atoms with Gasteiger partial charge in [0.15, 0.2) is 6.61 Å². The Morgan fingerprint density at radius 3 is 2.24 bits per heavy atom. The van der Waals surface area contributed by atoms with Crippen molar-refractivity contribution >= 4 is 39.3 Å². The highest BCUT2D eigenvalue weighted by molar-refractivity contribution is 9.10. The van der Waals surface area contributed by atoms with Gasteiger partial charge in [-0.3, -0.25) is 9.59 Å². The second kappa shape index (κ2) is 12.4. The van der Waals surface area contributed by atoms with Crippen LogP contribution in [0.5, 0.6) is 5.75 Å². The largest absolute Gasteiger partial charge is 0.482 e. The number of hydrogen-bond acceptors (Lipinski definition) is 3. The minimum absolute atomic E-state index is 0.202. The summed E-state index contributed by atoms with van der Waals surface area (Å²) in [6.07, 6.45) is 0.393. The number of likely N-dealkylation sites (N-methyl/N-ethyl adjacent to an activating group) is 1. The first-order valence-electron chi connectivity index (χ1n) is 10.7. The Kier molecular flexibility index (Phi) is 9.34. The molecule has 5 nitrogen and oxygen atoms in total. The zero-order valence-corrected chi connectivity index (χ0v) is 20.7. The van der Waals surface area contributed by atoms with E-state index < -0.39 is 6.04 Å². The molecule has 0 saturated carbocycles. The second-order valence-electron chi connectivity index (χ2n) is 7.47. The van der Waals surface area contributed by atoms with Crippen molar-refractivity contribution in [1.29, 1.82) is 0 Å². The molecule has 3 aromatic rings. The molecule has 3 aromatic carbocycles. The van der Waals surface area contributed by atoms with Gasteiger partial charge in [0.2, 0.25) is 5.91 Å². The summed E-state index contributed by atoms with van der Waals surface area (Å²) < 4.78 is 6.55. The van der Waals surface area contributed by atoms with Gasteiger partial charge in [0.05, 0.1) is 5.02 Å². The Morgan fingerprint density at radius 1 is 1.00 bits per heavy atom. The molecule has 7 heteroatoms. The molecule has 0 radical (unpaired) electrons. The molecule has 1 atom stereocenters. The van der Waals surface area contributed by atoms with Crippen LogP contribution in [0.2, 0.25) is 5.02 Å². The number of ether oxygens (including phenoxy) is 1. The molecule has 0 aliphatic carbocycles. The van der Waals surface area contributed by atoms with Crippen molar-refractivity contribution in [3.63, 3.8) is 0 Å². The van der Waals surface area contributed by atoms with Crippen molar-refractivity contribution < 1.29 is 14.3 Å². The minimum Gasteiger partial charge on any atom is -0.482 e. The first-order chi connectivity index (χ1) is 16.0. The van der Waals surface area contributed by atoms with Crippen molar-refractivity contribution in [3.05, 3.63) is 99.5 Å². The fourth-order valence-electron chi connectivity index (χ4n) is 3.44. The summed E-state index contributed by atoms with van der Waals surface area (Å²) in [6, 6.07) is 23.8. The maximum atomic E-state index is 13.4. The van der Waals surface area contributed by atoms with Crippen LogP contribution < -0.4 is 10.1 Å². The highest BCUT2D eigenvalue weighted by Crippen LogP contribution is 2.28. The molecule has 0 saturated heterocycles. The van der Waals surface area contributed by atoms with Crippen molar-refractivity contribution in [2.24, 2.45) is 0 Å². The summed E-state index contributed by atoms with van der Waals surface area (Å²) in [7, 11) is 0. The van der Waals surface area contributed by atoms with Gasteiger partial charge in [-0.25, -0.2) is 0 Å².